The summed E-state index contributed by atoms with van der Waals surface area (Å²) in [6, 6.07) is 0. The molecule has 0 aliphatic heterocycles. The topological polar surface area (TPSA) is 3.24 Å². The van der Waals surface area contributed by atoms with E-state index in [4.69, 9.17) is 0 Å². The molecule has 1 nitrogen and oxygen atoms in total. The molecule has 0 bridgehead atoms. The van der Waals surface area contributed by atoms with Crippen molar-refractivity contribution >= 4 is 0 Å². The second-order valence-electron chi connectivity index (χ2n) is 2.88. The van der Waals surface area contributed by atoms with E-state index in [0.717, 1.165) is 6.54 Å². The van der Waals surface area contributed by atoms with Crippen molar-refractivity contribution in [1.82, 2.24) is 4.90 Å². The predicted octanol–water partition coefficient (Wildman–Crippen LogP) is 2.50. The molecule has 0 aliphatic rings. The minimum absolute atomic E-state index is 0.648. The van der Waals surface area contributed by atoms with Crippen LogP contribution in [0.15, 0.2) is 11.8 Å². The lowest BCUT2D eigenvalue weighted by atomic mass is 10.1. The van der Waals surface area contributed by atoms with Crippen LogP contribution in [0.4, 0.5) is 0 Å². The third kappa shape index (κ3) is 2.42. The summed E-state index contributed by atoms with van der Waals surface area (Å²) in [5.41, 5.74) is 1.43. The van der Waals surface area contributed by atoms with Gasteiger partial charge in [0, 0.05) is 19.3 Å². The lowest BCUT2D eigenvalue weighted by molar-refractivity contribution is 0.392. The van der Waals surface area contributed by atoms with Crippen LogP contribution in [0.2, 0.25) is 0 Å². The molecule has 0 saturated heterocycles. The summed E-state index contributed by atoms with van der Waals surface area (Å²) in [4.78, 5) is 2.28. The Bertz CT molecular complexity index is 114. The first kappa shape index (κ1) is 9.54. The van der Waals surface area contributed by atoms with Crippen molar-refractivity contribution in [3.63, 3.8) is 0 Å². The molecule has 0 aromatic carbocycles. The van der Waals surface area contributed by atoms with E-state index in [-0.39, 0.29) is 0 Å². The van der Waals surface area contributed by atoms with Gasteiger partial charge in [-0.15, -0.1) is 0 Å². The van der Waals surface area contributed by atoms with Gasteiger partial charge in [-0.3, -0.25) is 0 Å². The number of nitrogens with zero attached hydrogens (tertiary/aromatic N) is 1. The predicted molar refractivity (Wildman–Crippen MR) is 46.9 cm³/mol. The summed E-state index contributed by atoms with van der Waals surface area (Å²) in [5, 5.41) is 0. The maximum absolute atomic E-state index is 2.28. The van der Waals surface area contributed by atoms with Gasteiger partial charge in [0.25, 0.3) is 0 Å². The molecule has 0 N–H and O–H groups in total. The molecule has 0 aromatic rings. The molecule has 0 spiro atoms. The van der Waals surface area contributed by atoms with Crippen molar-refractivity contribution in [1.29, 1.82) is 0 Å². The first-order valence-electron chi connectivity index (χ1n) is 4.00. The van der Waals surface area contributed by atoms with E-state index in [2.05, 4.69) is 45.7 Å². The standard InChI is InChI=1S/C9H19N/c1-6-9(8(3)4)10(5)7-2/h6,8H,7H2,1-5H3/b9-6-. The van der Waals surface area contributed by atoms with Gasteiger partial charge in [-0.05, 0) is 19.8 Å². The Kier molecular flexibility index (Phi) is 4.17. The second kappa shape index (κ2) is 4.37. The van der Waals surface area contributed by atoms with E-state index in [1.54, 1.807) is 0 Å². The van der Waals surface area contributed by atoms with Gasteiger partial charge in [0.1, 0.15) is 0 Å². The molecular formula is C9H19N. The lowest BCUT2D eigenvalue weighted by Gasteiger charge is -2.23. The molecule has 0 saturated carbocycles. The minimum atomic E-state index is 0.648. The van der Waals surface area contributed by atoms with Gasteiger partial charge < -0.3 is 4.90 Å². The fourth-order valence-corrected chi connectivity index (χ4v) is 1.18. The zero-order chi connectivity index (χ0) is 8.15. The van der Waals surface area contributed by atoms with Crippen LogP contribution in [0.5, 0.6) is 0 Å². The van der Waals surface area contributed by atoms with Crippen molar-refractivity contribution in [2.45, 2.75) is 27.7 Å². The highest BCUT2D eigenvalue weighted by molar-refractivity contribution is 5.00. The average molecular weight is 141 g/mol. The molecule has 0 heterocycles. The Morgan fingerprint density at radius 1 is 1.50 bits per heavy atom. The molecule has 0 aliphatic carbocycles. The van der Waals surface area contributed by atoms with Crippen LogP contribution < -0.4 is 0 Å². The van der Waals surface area contributed by atoms with Crippen molar-refractivity contribution in [2.24, 2.45) is 5.92 Å². The summed E-state index contributed by atoms with van der Waals surface area (Å²) >= 11 is 0. The molecule has 0 atom stereocenters. The highest BCUT2D eigenvalue weighted by atomic mass is 15.1. The fraction of sp³-hybridized carbons (Fsp3) is 0.778. The third-order valence-corrected chi connectivity index (χ3v) is 1.80. The Morgan fingerprint density at radius 2 is 2.00 bits per heavy atom. The Labute approximate surface area is 64.7 Å². The maximum Gasteiger partial charge on any atom is 0.0143 e. The van der Waals surface area contributed by atoms with Crippen LogP contribution in [-0.4, -0.2) is 18.5 Å². The maximum atomic E-state index is 2.28. The smallest absolute Gasteiger partial charge is 0.0143 e. The average Bonchev–Trinajstić information content (AvgIpc) is 1.88. The first-order chi connectivity index (χ1) is 4.63. The van der Waals surface area contributed by atoms with E-state index >= 15 is 0 Å². The van der Waals surface area contributed by atoms with Gasteiger partial charge in [-0.25, -0.2) is 0 Å². The van der Waals surface area contributed by atoms with E-state index in [9.17, 15) is 0 Å². The Morgan fingerprint density at radius 3 is 2.10 bits per heavy atom. The van der Waals surface area contributed by atoms with E-state index in [1.165, 1.54) is 5.70 Å². The minimum Gasteiger partial charge on any atom is -0.378 e. The summed E-state index contributed by atoms with van der Waals surface area (Å²) in [6.07, 6.45) is 2.19. The van der Waals surface area contributed by atoms with Crippen molar-refractivity contribution in [2.75, 3.05) is 13.6 Å². The quantitative estimate of drug-likeness (QED) is 0.583. The summed E-state index contributed by atoms with van der Waals surface area (Å²) in [6.45, 7) is 9.81. The van der Waals surface area contributed by atoms with Crippen LogP contribution in [0.25, 0.3) is 0 Å². The summed E-state index contributed by atoms with van der Waals surface area (Å²) < 4.78 is 0. The lowest BCUT2D eigenvalue weighted by Crippen LogP contribution is -2.20. The van der Waals surface area contributed by atoms with E-state index in [1.807, 2.05) is 0 Å². The second-order valence-corrected chi connectivity index (χ2v) is 2.88. The number of rotatable bonds is 3. The number of hydrogen-bond donors (Lipinski definition) is 0. The van der Waals surface area contributed by atoms with Gasteiger partial charge in [0.15, 0.2) is 0 Å². The van der Waals surface area contributed by atoms with Gasteiger partial charge >= 0.3 is 0 Å². The van der Waals surface area contributed by atoms with E-state index in [0.29, 0.717) is 5.92 Å². The zero-order valence-corrected chi connectivity index (χ0v) is 7.81. The summed E-state index contributed by atoms with van der Waals surface area (Å²) in [7, 11) is 2.13. The van der Waals surface area contributed by atoms with Crippen molar-refractivity contribution in [3.05, 3.63) is 11.8 Å². The van der Waals surface area contributed by atoms with Crippen LogP contribution in [-0.2, 0) is 0 Å². The van der Waals surface area contributed by atoms with Crippen LogP contribution in [0, 0.1) is 5.92 Å². The van der Waals surface area contributed by atoms with Gasteiger partial charge in [0.2, 0.25) is 0 Å². The largest absolute Gasteiger partial charge is 0.378 e. The molecule has 1 heteroatoms. The van der Waals surface area contributed by atoms with E-state index < -0.39 is 0 Å². The molecule has 0 radical (unpaired) electrons. The fourth-order valence-electron chi connectivity index (χ4n) is 1.18. The van der Waals surface area contributed by atoms with Gasteiger partial charge in [-0.1, -0.05) is 19.9 Å². The van der Waals surface area contributed by atoms with Gasteiger partial charge in [-0.2, -0.15) is 0 Å². The number of hydrogen-bond acceptors (Lipinski definition) is 1. The molecule has 0 rings (SSSR count). The molecule has 0 amide bonds. The molecule has 10 heavy (non-hydrogen) atoms. The highest BCUT2D eigenvalue weighted by Crippen LogP contribution is 2.11. The summed E-state index contributed by atoms with van der Waals surface area (Å²) in [5.74, 6) is 0.648. The van der Waals surface area contributed by atoms with Crippen molar-refractivity contribution in [3.8, 4) is 0 Å². The highest BCUT2D eigenvalue weighted by Gasteiger charge is 2.04. The first-order valence-corrected chi connectivity index (χ1v) is 4.00. The Balaban J connectivity index is 4.08. The van der Waals surface area contributed by atoms with Crippen LogP contribution in [0.3, 0.4) is 0 Å². The number of allylic oxidation sites excluding steroid dienone is 2. The molecule has 0 fully saturated rings. The zero-order valence-electron chi connectivity index (χ0n) is 7.81. The normalized spacial score (nSPS) is 12.4. The van der Waals surface area contributed by atoms with Gasteiger partial charge in [0.05, 0.1) is 0 Å². The Hall–Kier alpha value is -0.460. The SMILES string of the molecule is C/C=C(/C(C)C)N(C)CC. The monoisotopic (exact) mass is 141 g/mol. The molecule has 0 aromatic heterocycles. The molecule has 0 unspecified atom stereocenters. The van der Waals surface area contributed by atoms with Crippen LogP contribution >= 0.6 is 0 Å². The van der Waals surface area contributed by atoms with Crippen molar-refractivity contribution < 1.29 is 0 Å². The molecular weight excluding hydrogens is 122 g/mol. The molecule has 60 valence electrons. The van der Waals surface area contributed by atoms with Crippen LogP contribution in [0.1, 0.15) is 27.7 Å². The third-order valence-electron chi connectivity index (χ3n) is 1.80.